The molecule has 0 atom stereocenters. The quantitative estimate of drug-likeness (QED) is 0.176. The van der Waals surface area contributed by atoms with Gasteiger partial charge in [-0.15, -0.1) is 11.3 Å². The van der Waals surface area contributed by atoms with Crippen molar-refractivity contribution in [2.24, 2.45) is 0 Å². The fourth-order valence-corrected chi connectivity index (χ4v) is 9.84. The van der Waals surface area contributed by atoms with E-state index in [2.05, 4.69) is 161 Å². The standard InChI is InChI=1S/C51H31N5S/c1-4-16-32(17-5-1)49-52-50(33-18-6-2-7-19-33)54-51(53-49)38-25-15-29-45-47(38)40-30-39-37-24-14-28-43(56-41-26-12-10-22-35(41)36-23-11-13-27-42(36)56)48(37)55(34-20-8-3-9-21-34)44(39)31-46(40)57-45/h1-31H. The van der Waals surface area contributed by atoms with E-state index in [0.717, 1.165) is 33.5 Å². The van der Waals surface area contributed by atoms with Crippen molar-refractivity contribution in [1.82, 2.24) is 24.1 Å². The van der Waals surface area contributed by atoms with Gasteiger partial charge in [0.25, 0.3) is 0 Å². The van der Waals surface area contributed by atoms with Gasteiger partial charge in [0.1, 0.15) is 0 Å². The Morgan fingerprint density at radius 3 is 1.60 bits per heavy atom. The van der Waals surface area contributed by atoms with E-state index in [1.54, 1.807) is 0 Å². The van der Waals surface area contributed by atoms with Gasteiger partial charge in [0.2, 0.25) is 0 Å². The number of hydrogen-bond donors (Lipinski definition) is 0. The van der Waals surface area contributed by atoms with Crippen molar-refractivity contribution in [3.63, 3.8) is 0 Å². The first-order valence-corrected chi connectivity index (χ1v) is 19.9. The van der Waals surface area contributed by atoms with Gasteiger partial charge < -0.3 is 9.13 Å². The van der Waals surface area contributed by atoms with Gasteiger partial charge in [-0.05, 0) is 48.5 Å². The molecule has 0 fully saturated rings. The van der Waals surface area contributed by atoms with E-state index in [1.807, 2.05) is 47.7 Å². The molecule has 4 aromatic heterocycles. The summed E-state index contributed by atoms with van der Waals surface area (Å²) < 4.78 is 7.30. The molecule has 5 nitrogen and oxygen atoms in total. The Morgan fingerprint density at radius 1 is 0.368 bits per heavy atom. The third-order valence-electron chi connectivity index (χ3n) is 11.2. The zero-order valence-electron chi connectivity index (χ0n) is 30.5. The predicted octanol–water partition coefficient (Wildman–Crippen LogP) is 13.4. The minimum Gasteiger partial charge on any atom is -0.307 e. The van der Waals surface area contributed by atoms with Crippen LogP contribution >= 0.6 is 11.3 Å². The number of aromatic nitrogens is 5. The molecule has 0 bridgehead atoms. The van der Waals surface area contributed by atoms with Gasteiger partial charge in [-0.3, -0.25) is 0 Å². The minimum atomic E-state index is 0.655. The smallest absolute Gasteiger partial charge is 0.164 e. The Bertz CT molecular complexity index is 3400. The van der Waals surface area contributed by atoms with Gasteiger partial charge in [0.15, 0.2) is 17.5 Å². The van der Waals surface area contributed by atoms with Crippen LogP contribution in [0.25, 0.3) is 109 Å². The number of thiophene rings is 1. The largest absolute Gasteiger partial charge is 0.307 e. The summed E-state index contributed by atoms with van der Waals surface area (Å²) in [7, 11) is 0. The molecule has 0 spiro atoms. The van der Waals surface area contributed by atoms with Crippen molar-refractivity contribution >= 4 is 75.1 Å². The fourth-order valence-electron chi connectivity index (χ4n) is 8.69. The molecule has 266 valence electrons. The fraction of sp³-hybridized carbons (Fsp3) is 0. The van der Waals surface area contributed by atoms with Crippen LogP contribution in [0, 0.1) is 0 Å². The summed E-state index contributed by atoms with van der Waals surface area (Å²) >= 11 is 1.82. The molecule has 8 aromatic carbocycles. The van der Waals surface area contributed by atoms with Gasteiger partial charge in [-0.25, -0.2) is 15.0 Å². The number of rotatable bonds is 5. The van der Waals surface area contributed by atoms with E-state index in [0.29, 0.717) is 17.5 Å². The molecule has 0 unspecified atom stereocenters. The van der Waals surface area contributed by atoms with Gasteiger partial charge >= 0.3 is 0 Å². The van der Waals surface area contributed by atoms with E-state index in [4.69, 9.17) is 15.0 Å². The molecular formula is C51H31N5S. The van der Waals surface area contributed by atoms with Gasteiger partial charge in [0, 0.05) is 64.1 Å². The summed E-state index contributed by atoms with van der Waals surface area (Å²) in [6.07, 6.45) is 0. The lowest BCUT2D eigenvalue weighted by molar-refractivity contribution is 1.08. The zero-order chi connectivity index (χ0) is 37.5. The maximum Gasteiger partial charge on any atom is 0.164 e. The van der Waals surface area contributed by atoms with Crippen LogP contribution in [0.1, 0.15) is 0 Å². The van der Waals surface area contributed by atoms with E-state index >= 15 is 0 Å². The van der Waals surface area contributed by atoms with Crippen LogP contribution in [-0.2, 0) is 0 Å². The van der Waals surface area contributed by atoms with Crippen LogP contribution in [0.3, 0.4) is 0 Å². The third-order valence-corrected chi connectivity index (χ3v) is 12.3. The normalized spacial score (nSPS) is 11.9. The van der Waals surface area contributed by atoms with Crippen molar-refractivity contribution in [3.8, 4) is 45.5 Å². The molecule has 6 heteroatoms. The van der Waals surface area contributed by atoms with Crippen LogP contribution in [0.5, 0.6) is 0 Å². The van der Waals surface area contributed by atoms with Crippen LogP contribution in [0.2, 0.25) is 0 Å². The first-order chi connectivity index (χ1) is 28.3. The Hall–Kier alpha value is -7.41. The van der Waals surface area contributed by atoms with Crippen molar-refractivity contribution in [3.05, 3.63) is 188 Å². The highest BCUT2D eigenvalue weighted by Crippen LogP contribution is 2.45. The minimum absolute atomic E-state index is 0.655. The van der Waals surface area contributed by atoms with Gasteiger partial charge in [-0.1, -0.05) is 140 Å². The highest BCUT2D eigenvalue weighted by Gasteiger charge is 2.23. The molecule has 0 saturated heterocycles. The van der Waals surface area contributed by atoms with Crippen molar-refractivity contribution in [1.29, 1.82) is 0 Å². The van der Waals surface area contributed by atoms with Gasteiger partial charge in [-0.2, -0.15) is 0 Å². The number of fused-ring (bicyclic) bond motifs is 9. The Labute approximate surface area is 331 Å². The van der Waals surface area contributed by atoms with Crippen LogP contribution in [0.4, 0.5) is 0 Å². The molecule has 0 aliphatic carbocycles. The SMILES string of the molecule is c1ccc(-c2nc(-c3ccccc3)nc(-c3cccc4sc5cc6c(cc5c34)c3cccc(-n4c5ccccc5c5ccccc54)c3n6-c3ccccc3)n2)cc1. The van der Waals surface area contributed by atoms with E-state index < -0.39 is 0 Å². The average molecular weight is 746 g/mol. The second-order valence-corrected chi connectivity index (χ2v) is 15.5. The zero-order valence-corrected chi connectivity index (χ0v) is 31.4. The lowest BCUT2D eigenvalue weighted by Crippen LogP contribution is -2.00. The molecule has 12 rings (SSSR count). The van der Waals surface area contributed by atoms with E-state index in [-0.39, 0.29) is 0 Å². The van der Waals surface area contributed by atoms with Crippen LogP contribution < -0.4 is 0 Å². The molecule has 12 aromatic rings. The summed E-state index contributed by atoms with van der Waals surface area (Å²) in [5.74, 6) is 1.97. The average Bonchev–Trinajstić information content (AvgIpc) is 3.93. The topological polar surface area (TPSA) is 48.5 Å². The Kier molecular flexibility index (Phi) is 7.03. The first-order valence-electron chi connectivity index (χ1n) is 19.1. The Balaban J connectivity index is 1.16. The number of benzene rings is 8. The van der Waals surface area contributed by atoms with Crippen LogP contribution in [-0.4, -0.2) is 24.1 Å². The molecular weight excluding hydrogens is 715 g/mol. The summed E-state index contributed by atoms with van der Waals surface area (Å²) in [6, 6.07) is 66.7. The molecule has 0 N–H and O–H groups in total. The third kappa shape index (κ3) is 4.91. The molecule has 57 heavy (non-hydrogen) atoms. The van der Waals surface area contributed by atoms with Crippen LogP contribution in [0.15, 0.2) is 188 Å². The number of para-hydroxylation sites is 4. The maximum absolute atomic E-state index is 5.16. The number of nitrogens with zero attached hydrogens (tertiary/aromatic N) is 5. The van der Waals surface area contributed by atoms with Crippen molar-refractivity contribution in [2.45, 2.75) is 0 Å². The number of hydrogen-bond acceptors (Lipinski definition) is 4. The Morgan fingerprint density at radius 2 is 0.930 bits per heavy atom. The molecule has 0 saturated carbocycles. The van der Waals surface area contributed by atoms with E-state index in [1.165, 1.54) is 58.4 Å². The predicted molar refractivity (Wildman–Crippen MR) is 238 cm³/mol. The summed E-state index contributed by atoms with van der Waals surface area (Å²) in [4.78, 5) is 15.3. The first kappa shape index (κ1) is 31.9. The lowest BCUT2D eigenvalue weighted by Gasteiger charge is -2.14. The van der Waals surface area contributed by atoms with Crippen molar-refractivity contribution in [2.75, 3.05) is 0 Å². The summed E-state index contributed by atoms with van der Waals surface area (Å²) in [5.41, 5.74) is 9.89. The molecule has 0 aliphatic rings. The maximum atomic E-state index is 5.16. The molecule has 0 radical (unpaired) electrons. The molecule has 0 amide bonds. The monoisotopic (exact) mass is 745 g/mol. The lowest BCUT2D eigenvalue weighted by atomic mass is 10.0. The highest BCUT2D eigenvalue weighted by atomic mass is 32.1. The second-order valence-electron chi connectivity index (χ2n) is 14.4. The molecule has 0 aliphatic heterocycles. The highest BCUT2D eigenvalue weighted by molar-refractivity contribution is 7.26. The second kappa shape index (κ2) is 12.6. The summed E-state index contributed by atoms with van der Waals surface area (Å²) in [6.45, 7) is 0. The summed E-state index contributed by atoms with van der Waals surface area (Å²) in [5, 5.41) is 7.24. The molecule has 4 heterocycles. The van der Waals surface area contributed by atoms with Gasteiger partial charge in [0.05, 0.1) is 27.8 Å². The van der Waals surface area contributed by atoms with E-state index in [9.17, 15) is 0 Å². The van der Waals surface area contributed by atoms with Crippen molar-refractivity contribution < 1.29 is 0 Å².